The normalized spacial score (nSPS) is 14.9. The van der Waals surface area contributed by atoms with E-state index in [1.165, 1.54) is 29.2 Å². The average molecular weight is 292 g/mol. The van der Waals surface area contributed by atoms with E-state index in [2.05, 4.69) is 0 Å². The minimum Gasteiger partial charge on any atom is -0.480 e. The second-order valence-electron chi connectivity index (χ2n) is 5.04. The van der Waals surface area contributed by atoms with Gasteiger partial charge in [0.2, 0.25) is 0 Å². The number of carbonyl (C=O) groups excluding carboxylic acids is 1. The summed E-state index contributed by atoms with van der Waals surface area (Å²) in [5.74, 6) is -1.70. The van der Waals surface area contributed by atoms with Gasteiger partial charge in [-0.15, -0.1) is 0 Å². The van der Waals surface area contributed by atoms with Crippen LogP contribution in [0.4, 0.5) is 5.69 Å². The smallest absolute Gasteiger partial charge is 0.323 e. The lowest BCUT2D eigenvalue weighted by Gasteiger charge is -2.27. The molecule has 1 saturated carbocycles. The van der Waals surface area contributed by atoms with Gasteiger partial charge in [0.25, 0.3) is 11.6 Å². The number of rotatable bonds is 5. The third-order valence-corrected chi connectivity index (χ3v) is 3.66. The largest absolute Gasteiger partial charge is 0.480 e. The predicted molar refractivity (Wildman–Crippen MR) is 74.0 cm³/mol. The molecule has 0 atom stereocenters. The summed E-state index contributed by atoms with van der Waals surface area (Å²) in [7, 11) is 0. The maximum absolute atomic E-state index is 12.6. The molecule has 112 valence electrons. The summed E-state index contributed by atoms with van der Waals surface area (Å²) < 4.78 is 0. The van der Waals surface area contributed by atoms with E-state index in [0.717, 1.165) is 25.7 Å². The average Bonchev–Trinajstić information content (AvgIpc) is 2.97. The summed E-state index contributed by atoms with van der Waals surface area (Å²) >= 11 is 0. The van der Waals surface area contributed by atoms with Crippen LogP contribution >= 0.6 is 0 Å². The number of hydrogen-bond acceptors (Lipinski definition) is 4. The second kappa shape index (κ2) is 6.34. The van der Waals surface area contributed by atoms with Crippen LogP contribution < -0.4 is 0 Å². The monoisotopic (exact) mass is 292 g/mol. The van der Waals surface area contributed by atoms with Gasteiger partial charge < -0.3 is 10.0 Å². The lowest BCUT2D eigenvalue weighted by atomic mass is 10.1. The van der Waals surface area contributed by atoms with Gasteiger partial charge in [0.05, 0.1) is 4.92 Å². The van der Waals surface area contributed by atoms with Gasteiger partial charge in [-0.25, -0.2) is 0 Å². The molecule has 7 heteroatoms. The first-order valence-corrected chi connectivity index (χ1v) is 6.77. The van der Waals surface area contributed by atoms with Crippen molar-refractivity contribution in [1.29, 1.82) is 0 Å². The number of nitrogens with zero attached hydrogens (tertiary/aromatic N) is 2. The number of aliphatic carboxylic acids is 1. The summed E-state index contributed by atoms with van der Waals surface area (Å²) in [6, 6.07) is 5.47. The molecule has 0 heterocycles. The quantitative estimate of drug-likeness (QED) is 0.661. The Morgan fingerprint density at radius 3 is 2.48 bits per heavy atom. The Morgan fingerprint density at radius 2 is 1.90 bits per heavy atom. The Hall–Kier alpha value is -2.44. The van der Waals surface area contributed by atoms with Crippen molar-refractivity contribution in [2.24, 2.45) is 0 Å². The van der Waals surface area contributed by atoms with Gasteiger partial charge in [0.1, 0.15) is 12.1 Å². The van der Waals surface area contributed by atoms with Crippen LogP contribution in [0, 0.1) is 10.1 Å². The maximum Gasteiger partial charge on any atom is 0.323 e. The Balaban J connectivity index is 2.33. The van der Waals surface area contributed by atoms with E-state index >= 15 is 0 Å². The molecule has 1 aromatic carbocycles. The van der Waals surface area contributed by atoms with Crippen molar-refractivity contribution in [2.75, 3.05) is 6.54 Å². The summed E-state index contributed by atoms with van der Waals surface area (Å²) in [5.41, 5.74) is -0.355. The highest BCUT2D eigenvalue weighted by Crippen LogP contribution is 2.27. The lowest BCUT2D eigenvalue weighted by Crippen LogP contribution is -2.42. The van der Waals surface area contributed by atoms with Crippen LogP contribution in [-0.2, 0) is 4.79 Å². The van der Waals surface area contributed by atoms with E-state index < -0.39 is 23.3 Å². The molecule has 7 nitrogen and oxygen atoms in total. The third kappa shape index (κ3) is 3.36. The molecule has 0 aliphatic heterocycles. The maximum atomic E-state index is 12.6. The van der Waals surface area contributed by atoms with Gasteiger partial charge in [0.15, 0.2) is 0 Å². The zero-order valence-electron chi connectivity index (χ0n) is 11.4. The van der Waals surface area contributed by atoms with Gasteiger partial charge in [-0.3, -0.25) is 19.7 Å². The number of carbonyl (C=O) groups is 2. The number of benzene rings is 1. The van der Waals surface area contributed by atoms with Gasteiger partial charge in [0, 0.05) is 12.1 Å². The summed E-state index contributed by atoms with van der Waals surface area (Å²) in [4.78, 5) is 35.2. The van der Waals surface area contributed by atoms with Gasteiger partial charge >= 0.3 is 5.97 Å². The van der Waals surface area contributed by atoms with Crippen molar-refractivity contribution in [3.05, 3.63) is 39.9 Å². The molecule has 0 spiro atoms. The molecule has 2 rings (SSSR count). The number of para-hydroxylation sites is 1. The van der Waals surface area contributed by atoms with Crippen molar-refractivity contribution in [1.82, 2.24) is 4.90 Å². The Labute approximate surface area is 121 Å². The number of nitro groups is 1. The summed E-state index contributed by atoms with van der Waals surface area (Å²) in [6.07, 6.45) is 3.34. The van der Waals surface area contributed by atoms with E-state index in [9.17, 15) is 19.7 Å². The van der Waals surface area contributed by atoms with Gasteiger partial charge in [-0.05, 0) is 18.9 Å². The van der Waals surface area contributed by atoms with Crippen molar-refractivity contribution in [3.63, 3.8) is 0 Å². The molecule has 0 unspecified atom stereocenters. The predicted octanol–water partition coefficient (Wildman–Crippen LogP) is 2.06. The zero-order valence-corrected chi connectivity index (χ0v) is 11.4. The Kier molecular flexibility index (Phi) is 4.52. The second-order valence-corrected chi connectivity index (χ2v) is 5.04. The SMILES string of the molecule is O=C(O)CN(C(=O)c1ccccc1[N+](=O)[O-])C1CCCC1. The lowest BCUT2D eigenvalue weighted by molar-refractivity contribution is -0.385. The number of carboxylic acid groups (broad SMARTS) is 1. The zero-order chi connectivity index (χ0) is 15.4. The van der Waals surface area contributed by atoms with E-state index in [1.807, 2.05) is 0 Å². The van der Waals surface area contributed by atoms with E-state index in [0.29, 0.717) is 0 Å². The van der Waals surface area contributed by atoms with Crippen LogP contribution in [0.5, 0.6) is 0 Å². The van der Waals surface area contributed by atoms with Crippen LogP contribution in [0.3, 0.4) is 0 Å². The van der Waals surface area contributed by atoms with Crippen molar-refractivity contribution in [2.45, 2.75) is 31.7 Å². The van der Waals surface area contributed by atoms with Crippen LogP contribution in [0.25, 0.3) is 0 Å². The molecule has 0 bridgehead atoms. The summed E-state index contributed by atoms with van der Waals surface area (Å²) in [5, 5.41) is 20.0. The third-order valence-electron chi connectivity index (χ3n) is 3.66. The molecule has 0 aromatic heterocycles. The highest BCUT2D eigenvalue weighted by molar-refractivity contribution is 5.99. The summed E-state index contributed by atoms with van der Waals surface area (Å²) in [6.45, 7) is -0.435. The number of carboxylic acids is 1. The minimum atomic E-state index is -1.12. The first kappa shape index (κ1) is 15.0. The topological polar surface area (TPSA) is 101 Å². The molecular weight excluding hydrogens is 276 g/mol. The van der Waals surface area contributed by atoms with Gasteiger partial charge in [-0.2, -0.15) is 0 Å². The highest BCUT2D eigenvalue weighted by atomic mass is 16.6. The molecule has 0 saturated heterocycles. The molecule has 1 aliphatic rings. The molecule has 1 amide bonds. The van der Waals surface area contributed by atoms with E-state index in [-0.39, 0.29) is 17.3 Å². The first-order valence-electron chi connectivity index (χ1n) is 6.77. The van der Waals surface area contributed by atoms with Crippen LogP contribution in [0.1, 0.15) is 36.0 Å². The van der Waals surface area contributed by atoms with Crippen molar-refractivity contribution in [3.8, 4) is 0 Å². The molecular formula is C14H16N2O5. The minimum absolute atomic E-state index is 0.0596. The number of amides is 1. The standard InChI is InChI=1S/C14H16N2O5/c17-13(18)9-15(10-5-1-2-6-10)14(19)11-7-3-4-8-12(11)16(20)21/h3-4,7-8,10H,1-2,5-6,9H2,(H,17,18). The van der Waals surface area contributed by atoms with Crippen LogP contribution in [-0.4, -0.2) is 39.4 Å². The van der Waals surface area contributed by atoms with Gasteiger partial charge in [-0.1, -0.05) is 25.0 Å². The molecule has 1 N–H and O–H groups in total. The molecule has 21 heavy (non-hydrogen) atoms. The molecule has 1 aromatic rings. The first-order chi connectivity index (χ1) is 10.0. The van der Waals surface area contributed by atoms with Crippen LogP contribution in [0.2, 0.25) is 0 Å². The highest BCUT2D eigenvalue weighted by Gasteiger charge is 2.32. The fourth-order valence-electron chi connectivity index (χ4n) is 2.70. The van der Waals surface area contributed by atoms with Crippen molar-refractivity contribution >= 4 is 17.6 Å². The number of hydrogen-bond donors (Lipinski definition) is 1. The fraction of sp³-hybridized carbons (Fsp3) is 0.429. The molecule has 1 aliphatic carbocycles. The number of nitro benzene ring substituents is 1. The van der Waals surface area contributed by atoms with Crippen LogP contribution in [0.15, 0.2) is 24.3 Å². The Morgan fingerprint density at radius 1 is 1.29 bits per heavy atom. The van der Waals surface area contributed by atoms with E-state index in [4.69, 9.17) is 5.11 Å². The Bertz CT molecular complexity index is 566. The molecule has 0 radical (unpaired) electrons. The molecule has 1 fully saturated rings. The van der Waals surface area contributed by atoms with E-state index in [1.54, 1.807) is 0 Å². The fourth-order valence-corrected chi connectivity index (χ4v) is 2.70. The van der Waals surface area contributed by atoms with Crippen molar-refractivity contribution < 1.29 is 19.6 Å².